The highest BCUT2D eigenvalue weighted by atomic mass is 32.2. The van der Waals surface area contributed by atoms with Crippen LogP contribution in [0.5, 0.6) is 5.75 Å². The van der Waals surface area contributed by atoms with E-state index in [9.17, 15) is 13.2 Å². The van der Waals surface area contributed by atoms with Crippen molar-refractivity contribution in [2.75, 3.05) is 30.4 Å². The number of hydrogen-bond donors (Lipinski definition) is 2. The summed E-state index contributed by atoms with van der Waals surface area (Å²) >= 11 is 0. The molecule has 1 saturated heterocycles. The maximum absolute atomic E-state index is 13.2. The highest BCUT2D eigenvalue weighted by Gasteiger charge is 2.24. The fraction of sp³-hybridized carbons (Fsp3) is 0.348. The molecular formula is C23H27N5O4S. The molecule has 0 atom stereocenters. The number of para-hydroxylation sites is 2. The lowest BCUT2D eigenvalue weighted by molar-refractivity contribution is 0.102. The second kappa shape index (κ2) is 9.32. The van der Waals surface area contributed by atoms with Crippen LogP contribution >= 0.6 is 0 Å². The number of hydrogen-bond acceptors (Lipinski definition) is 7. The Morgan fingerprint density at radius 3 is 2.36 bits per heavy atom. The van der Waals surface area contributed by atoms with Crippen molar-refractivity contribution in [1.82, 2.24) is 14.7 Å². The minimum absolute atomic E-state index is 0.101. The zero-order chi connectivity index (χ0) is 23.6. The summed E-state index contributed by atoms with van der Waals surface area (Å²) in [7, 11) is -2.49. The molecule has 0 bridgehead atoms. The second-order valence-corrected chi connectivity index (χ2v) is 9.86. The number of carbonyl (C=O) groups is 1. The van der Waals surface area contributed by atoms with E-state index in [1.54, 1.807) is 13.8 Å². The van der Waals surface area contributed by atoms with E-state index >= 15 is 0 Å². The Morgan fingerprint density at radius 1 is 1.06 bits per heavy atom. The van der Waals surface area contributed by atoms with Gasteiger partial charge in [-0.1, -0.05) is 12.1 Å². The Morgan fingerprint density at radius 2 is 1.73 bits per heavy atom. The third-order valence-electron chi connectivity index (χ3n) is 5.30. The molecule has 1 aliphatic heterocycles. The fourth-order valence-corrected chi connectivity index (χ4v) is 5.25. The summed E-state index contributed by atoms with van der Waals surface area (Å²) in [4.78, 5) is 24.5. The first-order valence-corrected chi connectivity index (χ1v) is 12.3. The Labute approximate surface area is 193 Å². The zero-order valence-electron chi connectivity index (χ0n) is 18.8. The molecule has 1 aromatic heterocycles. The van der Waals surface area contributed by atoms with Gasteiger partial charge in [0, 0.05) is 24.7 Å². The SMILES string of the molecule is COc1ccc(C(=O)Nc2nc3ccccc3nc2N2CCCC2)cc1S(=O)(=O)NC(C)C. The molecule has 0 spiro atoms. The molecule has 1 amide bonds. The number of anilines is 2. The summed E-state index contributed by atoms with van der Waals surface area (Å²) in [6.07, 6.45) is 2.09. The van der Waals surface area contributed by atoms with Gasteiger partial charge in [-0.25, -0.2) is 23.1 Å². The van der Waals surface area contributed by atoms with Gasteiger partial charge in [0.1, 0.15) is 10.6 Å². The molecule has 1 fully saturated rings. The topological polar surface area (TPSA) is 114 Å². The number of sulfonamides is 1. The number of aromatic nitrogens is 2. The summed E-state index contributed by atoms with van der Waals surface area (Å²) in [5, 5.41) is 2.84. The van der Waals surface area contributed by atoms with E-state index in [4.69, 9.17) is 9.72 Å². The molecule has 3 aromatic rings. The van der Waals surface area contributed by atoms with E-state index in [-0.39, 0.29) is 22.3 Å². The largest absolute Gasteiger partial charge is 0.495 e. The average Bonchev–Trinajstić information content (AvgIpc) is 3.32. The molecule has 2 N–H and O–H groups in total. The molecule has 9 nitrogen and oxygen atoms in total. The minimum Gasteiger partial charge on any atom is -0.495 e. The third kappa shape index (κ3) is 4.91. The van der Waals surface area contributed by atoms with Gasteiger partial charge in [-0.2, -0.15) is 0 Å². The Kier molecular flexibility index (Phi) is 6.48. The molecule has 174 valence electrons. The number of nitrogens with one attached hydrogen (secondary N) is 2. The number of amides is 1. The van der Waals surface area contributed by atoms with E-state index in [2.05, 4.69) is 19.9 Å². The molecule has 4 rings (SSSR count). The Bertz CT molecular complexity index is 1290. The summed E-state index contributed by atoms with van der Waals surface area (Å²) in [6.45, 7) is 5.11. The van der Waals surface area contributed by atoms with Crippen LogP contribution in [0.4, 0.5) is 11.6 Å². The Hall–Kier alpha value is -3.24. The van der Waals surface area contributed by atoms with Crippen LogP contribution in [-0.4, -0.2) is 50.5 Å². The van der Waals surface area contributed by atoms with Gasteiger partial charge >= 0.3 is 0 Å². The number of rotatable bonds is 7. The van der Waals surface area contributed by atoms with E-state index in [1.807, 2.05) is 24.3 Å². The van der Waals surface area contributed by atoms with Crippen molar-refractivity contribution in [3.8, 4) is 5.75 Å². The molecule has 10 heteroatoms. The van der Waals surface area contributed by atoms with Gasteiger partial charge in [-0.05, 0) is 57.0 Å². The van der Waals surface area contributed by atoms with Gasteiger partial charge in [-0.3, -0.25) is 4.79 Å². The van der Waals surface area contributed by atoms with Crippen molar-refractivity contribution in [3.63, 3.8) is 0 Å². The van der Waals surface area contributed by atoms with Crippen molar-refractivity contribution >= 4 is 38.6 Å². The van der Waals surface area contributed by atoms with Gasteiger partial charge in [0.25, 0.3) is 5.91 Å². The van der Waals surface area contributed by atoms with Crippen LogP contribution in [-0.2, 0) is 10.0 Å². The van der Waals surface area contributed by atoms with E-state index < -0.39 is 15.9 Å². The molecule has 2 heterocycles. The van der Waals surface area contributed by atoms with Crippen molar-refractivity contribution in [2.24, 2.45) is 0 Å². The highest BCUT2D eigenvalue weighted by Crippen LogP contribution is 2.29. The average molecular weight is 470 g/mol. The lowest BCUT2D eigenvalue weighted by Crippen LogP contribution is -2.30. The molecule has 33 heavy (non-hydrogen) atoms. The van der Waals surface area contributed by atoms with Crippen LogP contribution in [0, 0.1) is 0 Å². The summed E-state index contributed by atoms with van der Waals surface area (Å²) in [5.41, 5.74) is 1.58. The van der Waals surface area contributed by atoms with Crippen LogP contribution in [0.1, 0.15) is 37.0 Å². The summed E-state index contributed by atoms with van der Waals surface area (Å²) in [5.74, 6) is 0.634. The van der Waals surface area contributed by atoms with Crippen LogP contribution in [0.15, 0.2) is 47.4 Å². The standard InChI is InChI=1S/C23H27N5O4S/c1-15(2)27-33(30,31)20-14-16(10-11-19(20)32-3)23(29)26-21-22(28-12-6-7-13-28)25-18-9-5-4-8-17(18)24-21/h4-5,8-11,14-15,27H,6-7,12-13H2,1-3H3,(H,24,26,29). The van der Waals surface area contributed by atoms with Crippen molar-refractivity contribution in [2.45, 2.75) is 37.6 Å². The van der Waals surface area contributed by atoms with E-state index in [0.29, 0.717) is 17.2 Å². The monoisotopic (exact) mass is 469 g/mol. The lowest BCUT2D eigenvalue weighted by Gasteiger charge is -2.20. The van der Waals surface area contributed by atoms with Gasteiger partial charge < -0.3 is 15.0 Å². The maximum Gasteiger partial charge on any atom is 0.256 e. The zero-order valence-corrected chi connectivity index (χ0v) is 19.6. The van der Waals surface area contributed by atoms with Gasteiger partial charge in [0.15, 0.2) is 11.6 Å². The molecule has 0 saturated carbocycles. The van der Waals surface area contributed by atoms with Gasteiger partial charge in [0.05, 0.1) is 18.1 Å². The highest BCUT2D eigenvalue weighted by molar-refractivity contribution is 7.89. The van der Waals surface area contributed by atoms with Crippen LogP contribution < -0.4 is 19.7 Å². The quantitative estimate of drug-likeness (QED) is 0.546. The van der Waals surface area contributed by atoms with E-state index in [1.165, 1.54) is 25.3 Å². The second-order valence-electron chi connectivity index (χ2n) is 8.17. The molecule has 2 aromatic carbocycles. The number of nitrogens with zero attached hydrogens (tertiary/aromatic N) is 3. The normalized spacial score (nSPS) is 14.1. The number of benzene rings is 2. The number of methoxy groups -OCH3 is 1. The fourth-order valence-electron chi connectivity index (χ4n) is 3.81. The third-order valence-corrected chi connectivity index (χ3v) is 6.98. The summed E-state index contributed by atoms with van der Waals surface area (Å²) in [6, 6.07) is 11.5. The number of carbonyl (C=O) groups excluding carboxylic acids is 1. The predicted octanol–water partition coefficient (Wildman–Crippen LogP) is 3.18. The first-order valence-electron chi connectivity index (χ1n) is 10.8. The number of fused-ring (bicyclic) bond motifs is 1. The van der Waals surface area contributed by atoms with Crippen LogP contribution in [0.25, 0.3) is 11.0 Å². The van der Waals surface area contributed by atoms with E-state index in [0.717, 1.165) is 31.4 Å². The molecule has 0 aliphatic carbocycles. The number of ether oxygens (including phenoxy) is 1. The van der Waals surface area contributed by atoms with Crippen LogP contribution in [0.3, 0.4) is 0 Å². The molecule has 1 aliphatic rings. The van der Waals surface area contributed by atoms with Crippen LogP contribution in [0.2, 0.25) is 0 Å². The van der Waals surface area contributed by atoms with Crippen molar-refractivity contribution < 1.29 is 17.9 Å². The Balaban J connectivity index is 1.71. The van der Waals surface area contributed by atoms with Crippen molar-refractivity contribution in [3.05, 3.63) is 48.0 Å². The first-order chi connectivity index (χ1) is 15.8. The smallest absolute Gasteiger partial charge is 0.256 e. The minimum atomic E-state index is -3.87. The lowest BCUT2D eigenvalue weighted by atomic mass is 10.2. The van der Waals surface area contributed by atoms with Crippen molar-refractivity contribution in [1.29, 1.82) is 0 Å². The van der Waals surface area contributed by atoms with Gasteiger partial charge in [-0.15, -0.1) is 0 Å². The first kappa shape index (κ1) is 22.9. The predicted molar refractivity (Wildman–Crippen MR) is 127 cm³/mol. The maximum atomic E-state index is 13.2. The van der Waals surface area contributed by atoms with Gasteiger partial charge in [0.2, 0.25) is 10.0 Å². The molecular weight excluding hydrogens is 442 g/mol. The summed E-state index contributed by atoms with van der Waals surface area (Å²) < 4.78 is 33.3. The molecule has 0 radical (unpaired) electrons. The molecule has 0 unspecified atom stereocenters.